The normalized spacial score (nSPS) is 22.2. The van der Waals surface area contributed by atoms with Crippen molar-refractivity contribution < 1.29 is 17.6 Å². The molecule has 2 fully saturated rings. The molecule has 0 aromatic heterocycles. The molecule has 0 spiro atoms. The van der Waals surface area contributed by atoms with E-state index in [9.17, 15) is 17.6 Å². The maximum atomic E-state index is 13.2. The number of halogens is 1. The number of hydrogen-bond donors (Lipinski definition) is 1. The minimum absolute atomic E-state index is 0.0822. The van der Waals surface area contributed by atoms with Crippen molar-refractivity contribution >= 4 is 21.4 Å². The molecule has 2 atom stereocenters. The number of amides is 1. The van der Waals surface area contributed by atoms with Crippen molar-refractivity contribution in [1.82, 2.24) is 10.2 Å². The standard InChI is InChI=1S/C23H28FN3O3S/c24-20-6-8-21(9-7-20)27-11-10-18(17-27)16-25-23(28)22(19-4-2-1-3-5-19)26-12-14-31(29,30)15-13-26/h1-9,18,22H,10-17H2,(H,25,28). The molecule has 4 rings (SSSR count). The number of benzene rings is 2. The molecule has 0 saturated carbocycles. The average Bonchev–Trinajstić information content (AvgIpc) is 3.24. The van der Waals surface area contributed by atoms with E-state index in [4.69, 9.17) is 0 Å². The lowest BCUT2D eigenvalue weighted by atomic mass is 10.0. The third-order valence-electron chi connectivity index (χ3n) is 6.15. The van der Waals surface area contributed by atoms with Crippen LogP contribution in [-0.4, -0.2) is 63.5 Å². The molecular formula is C23H28FN3O3S. The summed E-state index contributed by atoms with van der Waals surface area (Å²) in [6, 6.07) is 15.5. The van der Waals surface area contributed by atoms with Crippen molar-refractivity contribution in [2.75, 3.05) is 49.1 Å². The monoisotopic (exact) mass is 445 g/mol. The van der Waals surface area contributed by atoms with Gasteiger partial charge in [-0.25, -0.2) is 12.8 Å². The summed E-state index contributed by atoms with van der Waals surface area (Å²) in [6.07, 6.45) is 0.954. The van der Waals surface area contributed by atoms with Crippen molar-refractivity contribution in [3.63, 3.8) is 0 Å². The average molecular weight is 446 g/mol. The van der Waals surface area contributed by atoms with Crippen molar-refractivity contribution in [1.29, 1.82) is 0 Å². The van der Waals surface area contributed by atoms with Gasteiger partial charge in [-0.05, 0) is 42.2 Å². The second-order valence-corrected chi connectivity index (χ2v) is 10.6. The van der Waals surface area contributed by atoms with Gasteiger partial charge < -0.3 is 10.2 Å². The van der Waals surface area contributed by atoms with Gasteiger partial charge in [-0.3, -0.25) is 9.69 Å². The quantitative estimate of drug-likeness (QED) is 0.739. The lowest BCUT2D eigenvalue weighted by Gasteiger charge is -2.34. The van der Waals surface area contributed by atoms with Gasteiger partial charge in [-0.15, -0.1) is 0 Å². The number of hydrogen-bond acceptors (Lipinski definition) is 5. The van der Waals surface area contributed by atoms with Crippen LogP contribution in [0.4, 0.5) is 10.1 Å². The number of carbonyl (C=O) groups excluding carboxylic acids is 1. The van der Waals surface area contributed by atoms with Gasteiger partial charge in [0.1, 0.15) is 11.9 Å². The Bertz CT molecular complexity index is 984. The molecule has 2 aromatic rings. The van der Waals surface area contributed by atoms with Crippen LogP contribution in [0.1, 0.15) is 18.0 Å². The van der Waals surface area contributed by atoms with Crippen LogP contribution in [0, 0.1) is 11.7 Å². The molecule has 1 amide bonds. The van der Waals surface area contributed by atoms with Crippen molar-refractivity contribution in [3.05, 3.63) is 66.0 Å². The molecule has 31 heavy (non-hydrogen) atoms. The number of sulfone groups is 1. The summed E-state index contributed by atoms with van der Waals surface area (Å²) >= 11 is 0. The zero-order valence-electron chi connectivity index (χ0n) is 17.4. The topological polar surface area (TPSA) is 69.7 Å². The van der Waals surface area contributed by atoms with Crippen LogP contribution < -0.4 is 10.2 Å². The summed E-state index contributed by atoms with van der Waals surface area (Å²) in [5, 5.41) is 3.11. The Kier molecular flexibility index (Phi) is 6.57. The SMILES string of the molecule is O=C(NCC1CCN(c2ccc(F)cc2)C1)C(c1ccccc1)N1CCS(=O)(=O)CC1. The Hall–Kier alpha value is -2.45. The smallest absolute Gasteiger partial charge is 0.241 e. The highest BCUT2D eigenvalue weighted by molar-refractivity contribution is 7.91. The number of nitrogens with zero attached hydrogens (tertiary/aromatic N) is 2. The number of carbonyl (C=O) groups is 1. The minimum Gasteiger partial charge on any atom is -0.371 e. The van der Waals surface area contributed by atoms with E-state index >= 15 is 0 Å². The molecule has 2 aliphatic rings. The van der Waals surface area contributed by atoms with Gasteiger partial charge in [0.15, 0.2) is 9.84 Å². The third-order valence-corrected chi connectivity index (χ3v) is 7.76. The van der Waals surface area contributed by atoms with E-state index in [1.807, 2.05) is 35.2 Å². The van der Waals surface area contributed by atoms with Gasteiger partial charge in [0.25, 0.3) is 0 Å². The van der Waals surface area contributed by atoms with Gasteiger partial charge in [-0.1, -0.05) is 30.3 Å². The zero-order chi connectivity index (χ0) is 21.8. The predicted octanol–water partition coefficient (Wildman–Crippen LogP) is 2.24. The van der Waals surface area contributed by atoms with E-state index < -0.39 is 15.9 Å². The molecular weight excluding hydrogens is 417 g/mol. The molecule has 2 aromatic carbocycles. The zero-order valence-corrected chi connectivity index (χ0v) is 18.2. The van der Waals surface area contributed by atoms with E-state index in [0.29, 0.717) is 25.6 Å². The highest BCUT2D eigenvalue weighted by atomic mass is 32.2. The maximum Gasteiger partial charge on any atom is 0.241 e. The van der Waals surface area contributed by atoms with Gasteiger partial charge in [0.05, 0.1) is 11.5 Å². The van der Waals surface area contributed by atoms with Crippen LogP contribution in [0.25, 0.3) is 0 Å². The Morgan fingerprint density at radius 3 is 2.39 bits per heavy atom. The summed E-state index contributed by atoms with van der Waals surface area (Å²) < 4.78 is 36.8. The van der Waals surface area contributed by atoms with Crippen LogP contribution in [0.15, 0.2) is 54.6 Å². The number of nitrogens with one attached hydrogen (secondary N) is 1. The van der Waals surface area contributed by atoms with E-state index in [2.05, 4.69) is 10.2 Å². The number of rotatable bonds is 6. The van der Waals surface area contributed by atoms with Gasteiger partial charge >= 0.3 is 0 Å². The van der Waals surface area contributed by atoms with Gasteiger partial charge in [0.2, 0.25) is 5.91 Å². The van der Waals surface area contributed by atoms with Crippen LogP contribution in [0.2, 0.25) is 0 Å². The Morgan fingerprint density at radius 2 is 1.71 bits per heavy atom. The van der Waals surface area contributed by atoms with E-state index in [-0.39, 0.29) is 23.2 Å². The first kappa shape index (κ1) is 21.8. The Labute approximate surface area is 183 Å². The fourth-order valence-electron chi connectivity index (χ4n) is 4.38. The van der Waals surface area contributed by atoms with Gasteiger partial charge in [0, 0.05) is 38.4 Å². The van der Waals surface area contributed by atoms with E-state index in [0.717, 1.165) is 30.8 Å². The molecule has 2 aliphatic heterocycles. The predicted molar refractivity (Wildman–Crippen MR) is 119 cm³/mol. The van der Waals surface area contributed by atoms with Crippen molar-refractivity contribution in [3.8, 4) is 0 Å². The number of anilines is 1. The highest BCUT2D eigenvalue weighted by Gasteiger charge is 2.33. The highest BCUT2D eigenvalue weighted by Crippen LogP contribution is 2.25. The fraction of sp³-hybridized carbons (Fsp3) is 0.435. The molecule has 0 bridgehead atoms. The summed E-state index contributed by atoms with van der Waals surface area (Å²) in [4.78, 5) is 17.4. The Morgan fingerprint density at radius 1 is 1.03 bits per heavy atom. The fourth-order valence-corrected chi connectivity index (χ4v) is 5.60. The van der Waals surface area contributed by atoms with E-state index in [1.54, 1.807) is 12.1 Å². The van der Waals surface area contributed by atoms with E-state index in [1.165, 1.54) is 12.1 Å². The van der Waals surface area contributed by atoms with Crippen molar-refractivity contribution in [2.24, 2.45) is 5.92 Å². The molecule has 0 aliphatic carbocycles. The maximum absolute atomic E-state index is 13.2. The molecule has 2 unspecified atom stereocenters. The molecule has 2 heterocycles. The van der Waals surface area contributed by atoms with Crippen molar-refractivity contribution in [2.45, 2.75) is 12.5 Å². The first-order valence-corrected chi connectivity index (χ1v) is 12.5. The molecule has 0 radical (unpaired) electrons. The molecule has 8 heteroatoms. The lowest BCUT2D eigenvalue weighted by Crippen LogP contribution is -2.48. The van der Waals surface area contributed by atoms with Gasteiger partial charge in [-0.2, -0.15) is 0 Å². The second kappa shape index (κ2) is 9.36. The summed E-state index contributed by atoms with van der Waals surface area (Å²) in [7, 11) is -3.02. The van der Waals surface area contributed by atoms with Crippen LogP contribution in [0.5, 0.6) is 0 Å². The lowest BCUT2D eigenvalue weighted by molar-refractivity contribution is -0.126. The van der Waals surface area contributed by atoms with Crippen LogP contribution in [0.3, 0.4) is 0 Å². The largest absolute Gasteiger partial charge is 0.371 e. The van der Waals surface area contributed by atoms with Crippen LogP contribution in [-0.2, 0) is 14.6 Å². The minimum atomic E-state index is -3.02. The first-order valence-electron chi connectivity index (χ1n) is 10.7. The third kappa shape index (κ3) is 5.43. The first-order chi connectivity index (χ1) is 14.9. The summed E-state index contributed by atoms with van der Waals surface area (Å²) in [5.74, 6) is 0.139. The molecule has 2 saturated heterocycles. The molecule has 166 valence electrons. The summed E-state index contributed by atoms with van der Waals surface area (Å²) in [5.41, 5.74) is 1.87. The Balaban J connectivity index is 1.38. The second-order valence-electron chi connectivity index (χ2n) is 8.32. The van der Waals surface area contributed by atoms with Crippen LogP contribution >= 0.6 is 0 Å². The molecule has 6 nitrogen and oxygen atoms in total. The molecule has 1 N–H and O–H groups in total. The summed E-state index contributed by atoms with van der Waals surface area (Å²) in [6.45, 7) is 2.96.